The Hall–Kier alpha value is -3.32. The van der Waals surface area contributed by atoms with Crippen molar-refractivity contribution in [1.82, 2.24) is 9.80 Å². The van der Waals surface area contributed by atoms with Crippen LogP contribution in [-0.2, 0) is 6.54 Å². The van der Waals surface area contributed by atoms with Crippen LogP contribution in [0.15, 0.2) is 72.8 Å². The van der Waals surface area contributed by atoms with Crippen LogP contribution in [0.25, 0.3) is 0 Å². The lowest BCUT2D eigenvalue weighted by atomic mass is 9.93. The Balaban J connectivity index is 1.59. The quantitative estimate of drug-likeness (QED) is 0.487. The molecule has 33 heavy (non-hydrogen) atoms. The van der Waals surface area contributed by atoms with Crippen molar-refractivity contribution in [3.8, 4) is 5.75 Å². The van der Waals surface area contributed by atoms with Gasteiger partial charge >= 0.3 is 6.09 Å². The zero-order valence-corrected chi connectivity index (χ0v) is 18.3. The van der Waals surface area contributed by atoms with Crippen LogP contribution in [0.5, 0.6) is 5.75 Å². The van der Waals surface area contributed by atoms with Crippen LogP contribution in [-0.4, -0.2) is 41.6 Å². The first-order valence-corrected chi connectivity index (χ1v) is 10.9. The van der Waals surface area contributed by atoms with Gasteiger partial charge in [0, 0.05) is 32.1 Å². The molecule has 0 aromatic heterocycles. The standard InChI is InChI=1S/C26H25F3N2O2/c1-2-31(26(32)33-21-11-9-20(27)10-12-21)25-17-30(15-18-6-4-3-5-7-18)16-22(25)19-8-13-23(28)24(29)14-19/h3-14,22,25H,2,15-17H2,1H3/t22-,25+/m0/s1. The van der Waals surface area contributed by atoms with E-state index in [1.807, 2.05) is 37.3 Å². The number of carbonyl (C=O) groups is 1. The van der Waals surface area contributed by atoms with Gasteiger partial charge < -0.3 is 9.64 Å². The second-order valence-electron chi connectivity index (χ2n) is 8.13. The molecule has 4 rings (SSSR count). The average molecular weight is 454 g/mol. The highest BCUT2D eigenvalue weighted by atomic mass is 19.2. The van der Waals surface area contributed by atoms with Crippen LogP contribution in [0.3, 0.4) is 0 Å². The van der Waals surface area contributed by atoms with Crippen molar-refractivity contribution in [2.75, 3.05) is 19.6 Å². The molecule has 4 nitrogen and oxygen atoms in total. The number of benzene rings is 3. The largest absolute Gasteiger partial charge is 0.415 e. The van der Waals surface area contributed by atoms with Gasteiger partial charge in [0.15, 0.2) is 11.6 Å². The van der Waals surface area contributed by atoms with Gasteiger partial charge in [-0.25, -0.2) is 18.0 Å². The fourth-order valence-corrected chi connectivity index (χ4v) is 4.38. The van der Waals surface area contributed by atoms with Crippen LogP contribution in [0.1, 0.15) is 24.0 Å². The second kappa shape index (κ2) is 10.1. The molecule has 0 unspecified atom stereocenters. The molecular formula is C26H25F3N2O2. The van der Waals surface area contributed by atoms with Crippen LogP contribution in [0.2, 0.25) is 0 Å². The second-order valence-corrected chi connectivity index (χ2v) is 8.13. The summed E-state index contributed by atoms with van der Waals surface area (Å²) < 4.78 is 46.3. The fraction of sp³-hybridized carbons (Fsp3) is 0.269. The number of hydrogen-bond acceptors (Lipinski definition) is 3. The van der Waals surface area contributed by atoms with Crippen molar-refractivity contribution < 1.29 is 22.7 Å². The predicted octanol–water partition coefficient (Wildman–Crippen LogP) is 5.59. The number of halogens is 3. The number of likely N-dealkylation sites (tertiary alicyclic amines) is 1. The number of likely N-dealkylation sites (N-methyl/N-ethyl adjacent to an activating group) is 1. The molecule has 3 aromatic carbocycles. The zero-order valence-electron chi connectivity index (χ0n) is 18.3. The molecule has 172 valence electrons. The molecule has 1 aliphatic heterocycles. The Morgan fingerprint density at radius 2 is 1.70 bits per heavy atom. The molecule has 1 aliphatic rings. The molecule has 0 spiro atoms. The molecule has 0 N–H and O–H groups in total. The fourth-order valence-electron chi connectivity index (χ4n) is 4.38. The maximum atomic E-state index is 14.0. The number of carbonyl (C=O) groups excluding carboxylic acids is 1. The van der Waals surface area contributed by atoms with Gasteiger partial charge in [-0.2, -0.15) is 0 Å². The number of rotatable bonds is 6. The highest BCUT2D eigenvalue weighted by Gasteiger charge is 2.40. The lowest BCUT2D eigenvalue weighted by Crippen LogP contribution is -2.45. The van der Waals surface area contributed by atoms with Crippen molar-refractivity contribution in [3.05, 3.63) is 101 Å². The Labute approximate surface area is 191 Å². The molecule has 1 amide bonds. The monoisotopic (exact) mass is 454 g/mol. The summed E-state index contributed by atoms with van der Waals surface area (Å²) in [6.07, 6.45) is -0.566. The van der Waals surface area contributed by atoms with E-state index in [4.69, 9.17) is 4.74 Å². The van der Waals surface area contributed by atoms with Crippen molar-refractivity contribution in [2.45, 2.75) is 25.4 Å². The SMILES string of the molecule is CCN(C(=O)Oc1ccc(F)cc1)[C@@H]1CN(Cc2ccccc2)C[C@H]1c1ccc(F)c(F)c1. The highest BCUT2D eigenvalue weighted by Crippen LogP contribution is 2.33. The minimum absolute atomic E-state index is 0.232. The lowest BCUT2D eigenvalue weighted by Gasteiger charge is -2.31. The minimum atomic E-state index is -0.912. The van der Waals surface area contributed by atoms with Gasteiger partial charge in [-0.1, -0.05) is 36.4 Å². The van der Waals surface area contributed by atoms with Crippen molar-refractivity contribution in [1.29, 1.82) is 0 Å². The van der Waals surface area contributed by atoms with Crippen molar-refractivity contribution in [3.63, 3.8) is 0 Å². The van der Waals surface area contributed by atoms with E-state index in [2.05, 4.69) is 4.90 Å². The van der Waals surface area contributed by atoms with E-state index in [1.54, 1.807) is 11.0 Å². The van der Waals surface area contributed by atoms with Gasteiger partial charge in [-0.3, -0.25) is 4.90 Å². The maximum Gasteiger partial charge on any atom is 0.415 e. The van der Waals surface area contributed by atoms with Gasteiger partial charge in [-0.05, 0) is 54.4 Å². The van der Waals surface area contributed by atoms with Crippen molar-refractivity contribution >= 4 is 6.09 Å². The molecule has 1 fully saturated rings. The number of amides is 1. The number of hydrogen-bond donors (Lipinski definition) is 0. The van der Waals surface area contributed by atoms with E-state index in [9.17, 15) is 18.0 Å². The normalized spacial score (nSPS) is 18.3. The number of ether oxygens (including phenoxy) is 1. The van der Waals surface area contributed by atoms with E-state index < -0.39 is 23.5 Å². The van der Waals surface area contributed by atoms with Gasteiger partial charge in [-0.15, -0.1) is 0 Å². The smallest absolute Gasteiger partial charge is 0.410 e. The summed E-state index contributed by atoms with van der Waals surface area (Å²) in [7, 11) is 0. The van der Waals surface area contributed by atoms with Crippen LogP contribution in [0, 0.1) is 17.5 Å². The van der Waals surface area contributed by atoms with E-state index in [0.29, 0.717) is 31.7 Å². The summed E-state index contributed by atoms with van der Waals surface area (Å²) in [6, 6.07) is 18.8. The summed E-state index contributed by atoms with van der Waals surface area (Å²) >= 11 is 0. The predicted molar refractivity (Wildman–Crippen MR) is 119 cm³/mol. The molecule has 7 heteroatoms. The van der Waals surface area contributed by atoms with Gasteiger partial charge in [0.2, 0.25) is 0 Å². The molecule has 2 atom stereocenters. The van der Waals surface area contributed by atoms with E-state index in [0.717, 1.165) is 11.6 Å². The highest BCUT2D eigenvalue weighted by molar-refractivity contribution is 5.71. The molecule has 1 saturated heterocycles. The maximum absolute atomic E-state index is 14.0. The van der Waals surface area contributed by atoms with Gasteiger partial charge in [0.05, 0.1) is 6.04 Å². The van der Waals surface area contributed by atoms with Crippen LogP contribution < -0.4 is 4.74 Å². The third-order valence-corrected chi connectivity index (χ3v) is 5.98. The zero-order chi connectivity index (χ0) is 23.4. The Morgan fingerprint density at radius 3 is 2.36 bits per heavy atom. The van der Waals surface area contributed by atoms with Gasteiger partial charge in [0.25, 0.3) is 0 Å². The average Bonchev–Trinajstić information content (AvgIpc) is 3.21. The molecule has 1 heterocycles. The summed E-state index contributed by atoms with van der Waals surface area (Å²) in [5.74, 6) is -2.23. The number of nitrogens with zero attached hydrogens (tertiary/aromatic N) is 2. The van der Waals surface area contributed by atoms with E-state index in [1.165, 1.54) is 30.3 Å². The van der Waals surface area contributed by atoms with E-state index >= 15 is 0 Å². The molecule has 0 radical (unpaired) electrons. The van der Waals surface area contributed by atoms with Crippen LogP contribution >= 0.6 is 0 Å². The van der Waals surface area contributed by atoms with E-state index in [-0.39, 0.29) is 17.7 Å². The lowest BCUT2D eigenvalue weighted by molar-refractivity contribution is 0.131. The first-order valence-electron chi connectivity index (χ1n) is 10.9. The Kier molecular flexibility index (Phi) is 6.99. The first kappa shape index (κ1) is 22.9. The topological polar surface area (TPSA) is 32.8 Å². The molecule has 0 aliphatic carbocycles. The summed E-state index contributed by atoms with van der Waals surface area (Å²) in [4.78, 5) is 16.8. The minimum Gasteiger partial charge on any atom is -0.410 e. The third-order valence-electron chi connectivity index (χ3n) is 5.98. The summed E-state index contributed by atoms with van der Waals surface area (Å²) in [5, 5.41) is 0. The first-order chi connectivity index (χ1) is 15.9. The molecule has 0 saturated carbocycles. The molecular weight excluding hydrogens is 429 g/mol. The van der Waals surface area contributed by atoms with Crippen LogP contribution in [0.4, 0.5) is 18.0 Å². The molecule has 3 aromatic rings. The summed E-state index contributed by atoms with van der Waals surface area (Å²) in [6.45, 7) is 4.00. The Bertz CT molecular complexity index is 1090. The third kappa shape index (κ3) is 5.37. The van der Waals surface area contributed by atoms with Gasteiger partial charge in [0.1, 0.15) is 11.6 Å². The molecule has 0 bridgehead atoms. The summed E-state index contributed by atoms with van der Waals surface area (Å²) in [5.41, 5.74) is 1.75. The van der Waals surface area contributed by atoms with Crippen molar-refractivity contribution in [2.24, 2.45) is 0 Å². The Morgan fingerprint density at radius 1 is 0.970 bits per heavy atom.